The van der Waals surface area contributed by atoms with Crippen LogP contribution < -0.4 is 11.1 Å². The molecule has 1 atom stereocenters. The van der Waals surface area contributed by atoms with E-state index in [9.17, 15) is 14.4 Å². The summed E-state index contributed by atoms with van der Waals surface area (Å²) in [5, 5.41) is 4.44. The summed E-state index contributed by atoms with van der Waals surface area (Å²) in [5.74, 6) is -0.804. The number of primary amides is 1. The monoisotopic (exact) mass is 372 g/mol. The van der Waals surface area contributed by atoms with Crippen molar-refractivity contribution in [2.45, 2.75) is 26.2 Å². The van der Waals surface area contributed by atoms with Crippen molar-refractivity contribution in [3.63, 3.8) is 0 Å². The highest BCUT2D eigenvalue weighted by atomic mass is 32.1. The Morgan fingerprint density at radius 2 is 2.00 bits per heavy atom. The molecule has 2 aromatic rings. The first-order chi connectivity index (χ1) is 12.4. The standard InChI is InChI=1S/C19H20N2O4S/c1-11-2-7-14-15(10-26-16(14)8-11)19(24)25-9-17(22)21-13-5-3-12(4-6-13)18(20)23/h3-6,10-11H,2,7-9H2,1H3,(H2,20,23)(H,21,22). The lowest BCUT2D eigenvalue weighted by molar-refractivity contribution is -0.119. The van der Waals surface area contributed by atoms with E-state index in [0.29, 0.717) is 22.7 Å². The number of rotatable bonds is 5. The van der Waals surface area contributed by atoms with Crippen molar-refractivity contribution >= 4 is 34.8 Å². The Balaban J connectivity index is 1.54. The smallest absolute Gasteiger partial charge is 0.339 e. The second-order valence-corrected chi connectivity index (χ2v) is 7.43. The minimum Gasteiger partial charge on any atom is -0.452 e. The average molecular weight is 372 g/mol. The Kier molecular flexibility index (Phi) is 5.37. The Labute approximate surface area is 155 Å². The fourth-order valence-electron chi connectivity index (χ4n) is 2.97. The normalized spacial score (nSPS) is 15.8. The largest absolute Gasteiger partial charge is 0.452 e. The number of ether oxygens (including phenoxy) is 1. The van der Waals surface area contributed by atoms with Gasteiger partial charge in [-0.05, 0) is 55.0 Å². The number of hydrogen-bond donors (Lipinski definition) is 2. The molecule has 136 valence electrons. The number of amides is 2. The summed E-state index contributed by atoms with van der Waals surface area (Å²) in [7, 11) is 0. The van der Waals surface area contributed by atoms with E-state index in [0.717, 1.165) is 24.8 Å². The van der Waals surface area contributed by atoms with E-state index >= 15 is 0 Å². The van der Waals surface area contributed by atoms with E-state index < -0.39 is 17.8 Å². The summed E-state index contributed by atoms with van der Waals surface area (Å²) < 4.78 is 5.16. The number of nitrogens with two attached hydrogens (primary N) is 1. The topological polar surface area (TPSA) is 98.5 Å². The molecule has 1 aliphatic carbocycles. The molecule has 1 aliphatic rings. The van der Waals surface area contributed by atoms with Crippen LogP contribution in [0, 0.1) is 5.92 Å². The molecule has 1 unspecified atom stereocenters. The van der Waals surface area contributed by atoms with Crippen molar-refractivity contribution in [2.24, 2.45) is 11.7 Å². The van der Waals surface area contributed by atoms with Gasteiger partial charge in [0, 0.05) is 21.5 Å². The number of carbonyl (C=O) groups is 3. The second kappa shape index (κ2) is 7.70. The third-order valence-electron chi connectivity index (χ3n) is 4.41. The Morgan fingerprint density at radius 3 is 2.69 bits per heavy atom. The molecule has 3 N–H and O–H groups in total. The first-order valence-electron chi connectivity index (χ1n) is 8.40. The second-order valence-electron chi connectivity index (χ2n) is 6.46. The number of anilines is 1. The molecule has 0 fully saturated rings. The Hall–Kier alpha value is -2.67. The van der Waals surface area contributed by atoms with E-state index in [1.165, 1.54) is 17.0 Å². The average Bonchev–Trinajstić information content (AvgIpc) is 3.03. The number of thiophene rings is 1. The zero-order chi connectivity index (χ0) is 18.7. The van der Waals surface area contributed by atoms with Crippen molar-refractivity contribution in [3.05, 3.63) is 51.2 Å². The molecular formula is C19H20N2O4S. The molecule has 0 saturated heterocycles. The zero-order valence-corrected chi connectivity index (χ0v) is 15.2. The number of benzene rings is 1. The van der Waals surface area contributed by atoms with Crippen molar-refractivity contribution in [3.8, 4) is 0 Å². The minimum atomic E-state index is -0.537. The van der Waals surface area contributed by atoms with Crippen molar-refractivity contribution in [2.75, 3.05) is 11.9 Å². The van der Waals surface area contributed by atoms with Crippen LogP contribution in [0.15, 0.2) is 29.6 Å². The Morgan fingerprint density at radius 1 is 1.27 bits per heavy atom. The Bertz CT molecular complexity index is 842. The summed E-state index contributed by atoms with van der Waals surface area (Å²) in [6.45, 7) is 1.85. The van der Waals surface area contributed by atoms with Gasteiger partial charge in [0.15, 0.2) is 6.61 Å². The molecule has 1 heterocycles. The highest BCUT2D eigenvalue weighted by molar-refractivity contribution is 7.10. The number of carbonyl (C=O) groups excluding carboxylic acids is 3. The molecule has 2 amide bonds. The fraction of sp³-hybridized carbons (Fsp3) is 0.316. The predicted octanol–water partition coefficient (Wildman–Crippen LogP) is 2.77. The van der Waals surface area contributed by atoms with Crippen LogP contribution in [0.5, 0.6) is 0 Å². The molecule has 26 heavy (non-hydrogen) atoms. The van der Waals surface area contributed by atoms with Crippen LogP contribution >= 0.6 is 11.3 Å². The number of esters is 1. The maximum atomic E-state index is 12.3. The molecule has 0 saturated carbocycles. The maximum Gasteiger partial charge on any atom is 0.339 e. The van der Waals surface area contributed by atoms with Gasteiger partial charge in [0.1, 0.15) is 0 Å². The minimum absolute atomic E-state index is 0.353. The SMILES string of the molecule is CC1CCc2c(C(=O)OCC(=O)Nc3ccc(C(N)=O)cc3)csc2C1. The predicted molar refractivity (Wildman–Crippen MR) is 99.4 cm³/mol. The molecular weight excluding hydrogens is 352 g/mol. The van der Waals surface area contributed by atoms with E-state index in [-0.39, 0.29) is 6.61 Å². The van der Waals surface area contributed by atoms with E-state index in [1.807, 2.05) is 5.38 Å². The lowest BCUT2D eigenvalue weighted by Gasteiger charge is -2.18. The van der Waals surface area contributed by atoms with Crippen LogP contribution in [-0.4, -0.2) is 24.4 Å². The van der Waals surface area contributed by atoms with Gasteiger partial charge in [0.25, 0.3) is 5.91 Å². The highest BCUT2D eigenvalue weighted by Crippen LogP contribution is 2.33. The third-order valence-corrected chi connectivity index (χ3v) is 5.46. The van der Waals surface area contributed by atoms with Gasteiger partial charge >= 0.3 is 5.97 Å². The molecule has 1 aromatic heterocycles. The van der Waals surface area contributed by atoms with Gasteiger partial charge in [0.05, 0.1) is 5.56 Å². The van der Waals surface area contributed by atoms with Gasteiger partial charge in [-0.15, -0.1) is 11.3 Å². The van der Waals surface area contributed by atoms with E-state index in [2.05, 4.69) is 12.2 Å². The number of hydrogen-bond acceptors (Lipinski definition) is 5. The lowest BCUT2D eigenvalue weighted by atomic mass is 9.88. The lowest BCUT2D eigenvalue weighted by Crippen LogP contribution is -2.21. The summed E-state index contributed by atoms with van der Waals surface area (Å²) >= 11 is 1.59. The van der Waals surface area contributed by atoms with Crippen LogP contribution in [0.2, 0.25) is 0 Å². The zero-order valence-electron chi connectivity index (χ0n) is 14.4. The molecule has 0 radical (unpaired) electrons. The first-order valence-corrected chi connectivity index (χ1v) is 9.28. The van der Waals surface area contributed by atoms with Crippen LogP contribution in [0.4, 0.5) is 5.69 Å². The van der Waals surface area contributed by atoms with Gasteiger partial charge in [-0.2, -0.15) is 0 Å². The van der Waals surface area contributed by atoms with Gasteiger partial charge in [-0.25, -0.2) is 4.79 Å². The van der Waals surface area contributed by atoms with Crippen molar-refractivity contribution < 1.29 is 19.1 Å². The summed E-state index contributed by atoms with van der Waals surface area (Å²) in [6, 6.07) is 6.16. The maximum absolute atomic E-state index is 12.3. The highest BCUT2D eigenvalue weighted by Gasteiger charge is 2.24. The van der Waals surface area contributed by atoms with Crippen LogP contribution in [0.1, 0.15) is 44.5 Å². The van der Waals surface area contributed by atoms with Crippen molar-refractivity contribution in [1.29, 1.82) is 0 Å². The van der Waals surface area contributed by atoms with Crippen molar-refractivity contribution in [1.82, 2.24) is 0 Å². The van der Waals surface area contributed by atoms with Gasteiger partial charge in [-0.1, -0.05) is 6.92 Å². The van der Waals surface area contributed by atoms with E-state index in [1.54, 1.807) is 23.5 Å². The number of nitrogens with one attached hydrogen (secondary N) is 1. The molecule has 6 nitrogen and oxygen atoms in total. The van der Waals surface area contributed by atoms with Gasteiger partial charge in [-0.3, -0.25) is 9.59 Å². The molecule has 7 heteroatoms. The number of fused-ring (bicyclic) bond motifs is 1. The van der Waals surface area contributed by atoms with Crippen LogP contribution in [-0.2, 0) is 22.4 Å². The molecule has 1 aromatic carbocycles. The summed E-state index contributed by atoms with van der Waals surface area (Å²) in [5.41, 5.74) is 7.67. The van der Waals surface area contributed by atoms with Gasteiger partial charge < -0.3 is 15.8 Å². The molecule has 3 rings (SSSR count). The fourth-order valence-corrected chi connectivity index (χ4v) is 4.21. The quantitative estimate of drug-likeness (QED) is 0.789. The summed E-state index contributed by atoms with van der Waals surface area (Å²) in [6.07, 6.45) is 2.93. The summed E-state index contributed by atoms with van der Waals surface area (Å²) in [4.78, 5) is 36.5. The van der Waals surface area contributed by atoms with Gasteiger partial charge in [0.2, 0.25) is 5.91 Å². The molecule has 0 spiro atoms. The molecule has 0 bridgehead atoms. The van der Waals surface area contributed by atoms with Crippen LogP contribution in [0.3, 0.4) is 0 Å². The first kappa shape index (κ1) is 18.1. The van der Waals surface area contributed by atoms with E-state index in [4.69, 9.17) is 10.5 Å². The third kappa shape index (κ3) is 4.11. The van der Waals surface area contributed by atoms with Crippen LogP contribution in [0.25, 0.3) is 0 Å². The molecule has 0 aliphatic heterocycles.